The van der Waals surface area contributed by atoms with Crippen molar-refractivity contribution in [3.05, 3.63) is 241 Å². The lowest BCUT2D eigenvalue weighted by atomic mass is 9.70. The van der Waals surface area contributed by atoms with E-state index in [4.69, 9.17) is 4.74 Å². The second kappa shape index (κ2) is 12.4. The average Bonchev–Trinajstić information content (AvgIpc) is 3.95. The Balaban J connectivity index is 0.985. The molecule has 0 fully saturated rings. The predicted molar refractivity (Wildman–Crippen MR) is 255 cm³/mol. The smallest absolute Gasteiger partial charge is 0.159 e. The van der Waals surface area contributed by atoms with Gasteiger partial charge in [-0.1, -0.05) is 176 Å². The molecule has 14 rings (SSSR count). The van der Waals surface area contributed by atoms with Crippen molar-refractivity contribution >= 4 is 49.6 Å². The first-order valence-electron chi connectivity index (χ1n) is 21.4. The zero-order chi connectivity index (χ0) is 40.5. The van der Waals surface area contributed by atoms with Crippen molar-refractivity contribution in [2.45, 2.75) is 5.41 Å². The number of hydrogen-bond acceptors (Lipinski definition) is 2. The van der Waals surface area contributed by atoms with Gasteiger partial charge in [0.15, 0.2) is 11.5 Å². The Bertz CT molecular complexity index is 3640. The number of para-hydroxylation sites is 3. The molecule has 11 aromatic rings. The molecule has 0 atom stereocenters. The monoisotopic (exact) mass is 788 g/mol. The Kier molecular flexibility index (Phi) is 6.76. The zero-order valence-corrected chi connectivity index (χ0v) is 33.6. The summed E-state index contributed by atoms with van der Waals surface area (Å²) in [7, 11) is 0. The van der Waals surface area contributed by atoms with Gasteiger partial charge >= 0.3 is 0 Å². The number of fused-ring (bicyclic) bond motifs is 16. The maximum Gasteiger partial charge on any atom is 0.159 e. The molecule has 1 aliphatic heterocycles. The Morgan fingerprint density at radius 3 is 1.77 bits per heavy atom. The highest BCUT2D eigenvalue weighted by molar-refractivity contribution is 6.12. The van der Waals surface area contributed by atoms with E-state index in [2.05, 4.69) is 228 Å². The molecule has 0 amide bonds. The molecule has 3 nitrogen and oxygen atoms in total. The van der Waals surface area contributed by atoms with Gasteiger partial charge in [-0.2, -0.15) is 0 Å². The molecule has 1 aromatic heterocycles. The van der Waals surface area contributed by atoms with Crippen LogP contribution in [0.2, 0.25) is 0 Å². The number of ether oxygens (including phenoxy) is 1. The standard InChI is InChI=1S/C59H36N2O/c1-2-17-40-37(15-1)16-11-29-51(40)60(53-30-14-27-50-56(53)46-21-5-9-26-49(46)59(50)47-24-7-3-18-42(47)43-19-4-8-25-48(43)59)39-35-33-38(34-36-39)41-22-12-31-54-58(41)62-55-32-13-23-45-44-20-6-10-28-52(44)61(54)57(45)55/h1-36H. The lowest BCUT2D eigenvalue weighted by molar-refractivity contribution is 0.478. The van der Waals surface area contributed by atoms with E-state index in [1.54, 1.807) is 0 Å². The van der Waals surface area contributed by atoms with Crippen LogP contribution in [0, 0.1) is 0 Å². The number of anilines is 3. The minimum absolute atomic E-state index is 0.439. The molecule has 288 valence electrons. The van der Waals surface area contributed by atoms with Crippen molar-refractivity contribution in [2.75, 3.05) is 4.90 Å². The van der Waals surface area contributed by atoms with Crippen molar-refractivity contribution in [2.24, 2.45) is 0 Å². The maximum atomic E-state index is 6.88. The Hall–Kier alpha value is -8.14. The quantitative estimate of drug-likeness (QED) is 0.177. The van der Waals surface area contributed by atoms with Gasteiger partial charge in [0.25, 0.3) is 0 Å². The van der Waals surface area contributed by atoms with Crippen LogP contribution in [0.3, 0.4) is 0 Å². The summed E-state index contributed by atoms with van der Waals surface area (Å²) in [6.45, 7) is 0. The second-order valence-electron chi connectivity index (χ2n) is 16.7. The van der Waals surface area contributed by atoms with Gasteiger partial charge in [0.1, 0.15) is 0 Å². The van der Waals surface area contributed by atoms with Crippen molar-refractivity contribution in [1.82, 2.24) is 4.57 Å². The largest absolute Gasteiger partial charge is 0.452 e. The fourth-order valence-corrected chi connectivity index (χ4v) is 11.4. The molecule has 0 unspecified atom stereocenters. The molecule has 62 heavy (non-hydrogen) atoms. The summed E-state index contributed by atoms with van der Waals surface area (Å²) in [5, 5.41) is 4.83. The summed E-state index contributed by atoms with van der Waals surface area (Å²) in [6, 6.07) is 80.2. The van der Waals surface area contributed by atoms with Crippen LogP contribution in [0.15, 0.2) is 218 Å². The van der Waals surface area contributed by atoms with Crippen molar-refractivity contribution in [3.8, 4) is 50.6 Å². The number of benzene rings is 10. The third-order valence-electron chi connectivity index (χ3n) is 13.8. The van der Waals surface area contributed by atoms with E-state index in [0.717, 1.165) is 50.9 Å². The molecule has 0 saturated carbocycles. The summed E-state index contributed by atoms with van der Waals surface area (Å²) in [5.41, 5.74) is 18.9. The van der Waals surface area contributed by atoms with Gasteiger partial charge in [0.05, 0.1) is 33.5 Å². The molecule has 3 aliphatic rings. The minimum atomic E-state index is -0.439. The van der Waals surface area contributed by atoms with Crippen LogP contribution in [0.1, 0.15) is 22.3 Å². The molecule has 0 N–H and O–H groups in total. The normalized spacial score (nSPS) is 13.4. The lowest BCUT2D eigenvalue weighted by Crippen LogP contribution is -2.26. The molecule has 10 aromatic carbocycles. The minimum Gasteiger partial charge on any atom is -0.452 e. The van der Waals surface area contributed by atoms with Crippen LogP contribution < -0.4 is 9.64 Å². The van der Waals surface area contributed by atoms with Crippen LogP contribution >= 0.6 is 0 Å². The van der Waals surface area contributed by atoms with Gasteiger partial charge in [-0.25, -0.2) is 0 Å². The topological polar surface area (TPSA) is 17.4 Å². The van der Waals surface area contributed by atoms with Crippen LogP contribution in [0.5, 0.6) is 11.5 Å². The molecule has 2 heterocycles. The van der Waals surface area contributed by atoms with Gasteiger partial charge in [-0.15, -0.1) is 0 Å². The fourth-order valence-electron chi connectivity index (χ4n) is 11.4. The van der Waals surface area contributed by atoms with Gasteiger partial charge in [0.2, 0.25) is 0 Å². The van der Waals surface area contributed by atoms with E-state index in [0.29, 0.717) is 0 Å². The van der Waals surface area contributed by atoms with Crippen molar-refractivity contribution < 1.29 is 4.74 Å². The lowest BCUT2D eigenvalue weighted by Gasteiger charge is -2.32. The van der Waals surface area contributed by atoms with Crippen molar-refractivity contribution in [3.63, 3.8) is 0 Å². The number of hydrogen-bond donors (Lipinski definition) is 0. The summed E-state index contributed by atoms with van der Waals surface area (Å²) in [5.74, 6) is 1.74. The predicted octanol–water partition coefficient (Wildman–Crippen LogP) is 15.5. The highest BCUT2D eigenvalue weighted by Gasteiger charge is 2.52. The first-order valence-corrected chi connectivity index (χ1v) is 21.4. The summed E-state index contributed by atoms with van der Waals surface area (Å²) in [6.07, 6.45) is 0. The van der Waals surface area contributed by atoms with E-state index >= 15 is 0 Å². The summed E-state index contributed by atoms with van der Waals surface area (Å²) < 4.78 is 9.25. The first-order chi connectivity index (χ1) is 30.8. The Morgan fingerprint density at radius 2 is 0.968 bits per heavy atom. The van der Waals surface area contributed by atoms with E-state index in [1.807, 2.05) is 0 Å². The Morgan fingerprint density at radius 1 is 0.403 bits per heavy atom. The van der Waals surface area contributed by atoms with Crippen LogP contribution in [0.4, 0.5) is 17.1 Å². The van der Waals surface area contributed by atoms with E-state index in [9.17, 15) is 0 Å². The SMILES string of the molecule is c1ccc2c(c1)-c1ccccc1C21c2ccccc2-c2c(N(c3ccc(-c4cccc5c4Oc4cccc6c7ccccc7n-5c46)cc3)c3cccc4ccccc34)cccc21. The highest BCUT2D eigenvalue weighted by Crippen LogP contribution is 2.65. The van der Waals surface area contributed by atoms with Gasteiger partial charge in [-0.3, -0.25) is 0 Å². The molecule has 0 saturated heterocycles. The maximum absolute atomic E-state index is 6.88. The zero-order valence-electron chi connectivity index (χ0n) is 33.6. The van der Waals surface area contributed by atoms with E-state index in [-0.39, 0.29) is 0 Å². The molecule has 0 bridgehead atoms. The summed E-state index contributed by atoms with van der Waals surface area (Å²) in [4.78, 5) is 2.49. The highest BCUT2D eigenvalue weighted by atomic mass is 16.5. The van der Waals surface area contributed by atoms with Gasteiger partial charge < -0.3 is 14.2 Å². The molecule has 2 aliphatic carbocycles. The van der Waals surface area contributed by atoms with Crippen LogP contribution in [0.25, 0.3) is 71.6 Å². The second-order valence-corrected chi connectivity index (χ2v) is 16.7. The van der Waals surface area contributed by atoms with Crippen LogP contribution in [-0.4, -0.2) is 4.57 Å². The summed E-state index contributed by atoms with van der Waals surface area (Å²) >= 11 is 0. The average molecular weight is 789 g/mol. The van der Waals surface area contributed by atoms with E-state index in [1.165, 1.54) is 71.6 Å². The molecular weight excluding hydrogens is 753 g/mol. The van der Waals surface area contributed by atoms with Crippen molar-refractivity contribution in [1.29, 1.82) is 0 Å². The molecular formula is C59H36N2O. The van der Waals surface area contributed by atoms with Gasteiger partial charge in [-0.05, 0) is 92.4 Å². The third kappa shape index (κ3) is 4.29. The fraction of sp³-hybridized carbons (Fsp3) is 0.0169. The number of nitrogens with zero attached hydrogens (tertiary/aromatic N) is 2. The number of rotatable bonds is 4. The van der Waals surface area contributed by atoms with Gasteiger partial charge in [0, 0.05) is 33.0 Å². The number of aromatic nitrogens is 1. The van der Waals surface area contributed by atoms with E-state index < -0.39 is 5.41 Å². The molecule has 1 spiro atoms. The van der Waals surface area contributed by atoms with Crippen LogP contribution in [-0.2, 0) is 5.41 Å². The molecule has 0 radical (unpaired) electrons. The molecule has 3 heteroatoms. The first kappa shape index (κ1) is 33.7. The Labute approximate surface area is 359 Å². The third-order valence-corrected chi connectivity index (χ3v) is 13.8.